The number of rotatable bonds is 10. The summed E-state index contributed by atoms with van der Waals surface area (Å²) in [5.41, 5.74) is 0.0796. The summed E-state index contributed by atoms with van der Waals surface area (Å²) in [6.07, 6.45) is 0.811. The van der Waals surface area contributed by atoms with E-state index >= 15 is 0 Å². The number of benzene rings is 3. The number of hydrogen-bond acceptors (Lipinski definition) is 7. The van der Waals surface area contributed by atoms with Crippen molar-refractivity contribution in [3.63, 3.8) is 0 Å². The monoisotopic (exact) mass is 555 g/mol. The second kappa shape index (κ2) is 11.0. The van der Waals surface area contributed by atoms with Gasteiger partial charge in [0.2, 0.25) is 15.9 Å². The first-order valence-electron chi connectivity index (χ1n) is 10.4. The van der Waals surface area contributed by atoms with Crippen molar-refractivity contribution in [3.05, 3.63) is 72.3 Å². The minimum absolute atomic E-state index is 0.130. The molecule has 0 bridgehead atoms. The summed E-state index contributed by atoms with van der Waals surface area (Å²) in [6, 6.07) is 12.1. The lowest BCUT2D eigenvalue weighted by Crippen LogP contribution is -2.37. The van der Waals surface area contributed by atoms with E-state index in [9.17, 15) is 30.4 Å². The number of hydrogen-bond donors (Lipinski definition) is 2. The van der Waals surface area contributed by atoms with E-state index in [1.54, 1.807) is 6.07 Å². The molecule has 0 aliphatic rings. The number of halogens is 2. The van der Waals surface area contributed by atoms with Crippen molar-refractivity contribution in [3.8, 4) is 11.5 Å². The van der Waals surface area contributed by atoms with E-state index in [-0.39, 0.29) is 27.7 Å². The Labute approximate surface area is 212 Å². The molecule has 0 aromatic heterocycles. The van der Waals surface area contributed by atoms with Crippen LogP contribution < -0.4 is 23.8 Å². The van der Waals surface area contributed by atoms with Gasteiger partial charge in [-0.25, -0.2) is 25.6 Å². The van der Waals surface area contributed by atoms with E-state index in [1.165, 1.54) is 50.6 Å². The Morgan fingerprint density at radius 2 is 1.57 bits per heavy atom. The summed E-state index contributed by atoms with van der Waals surface area (Å²) in [7, 11) is -5.26. The molecule has 0 heterocycles. The van der Waals surface area contributed by atoms with Crippen LogP contribution in [0, 0.1) is 11.6 Å². The summed E-state index contributed by atoms with van der Waals surface area (Å²) in [5, 5.41) is 2.44. The molecule has 0 atom stereocenters. The van der Waals surface area contributed by atoms with Gasteiger partial charge in [0.15, 0.2) is 11.6 Å². The zero-order chi connectivity index (χ0) is 27.4. The highest BCUT2D eigenvalue weighted by atomic mass is 32.2. The number of anilines is 3. The van der Waals surface area contributed by atoms with Crippen LogP contribution in [0.2, 0.25) is 0 Å². The van der Waals surface area contributed by atoms with Gasteiger partial charge in [0.1, 0.15) is 18.0 Å². The number of ether oxygens (including phenoxy) is 2. The number of sulfonamides is 2. The molecule has 0 unspecified atom stereocenters. The van der Waals surface area contributed by atoms with Gasteiger partial charge in [-0.15, -0.1) is 0 Å². The molecule has 1 amide bonds. The molecule has 0 saturated heterocycles. The van der Waals surface area contributed by atoms with Gasteiger partial charge >= 0.3 is 0 Å². The molecule has 2 N–H and O–H groups in total. The van der Waals surface area contributed by atoms with E-state index in [0.29, 0.717) is 16.1 Å². The minimum atomic E-state index is -4.05. The minimum Gasteiger partial charge on any atom is -0.497 e. The molecule has 0 fully saturated rings. The molecule has 0 aliphatic carbocycles. The number of amides is 1. The Morgan fingerprint density at radius 1 is 0.892 bits per heavy atom. The Balaban J connectivity index is 1.75. The molecule has 3 rings (SSSR count). The highest BCUT2D eigenvalue weighted by molar-refractivity contribution is 7.92. The fraction of sp³-hybridized carbons (Fsp3) is 0.174. The molecule has 3 aromatic carbocycles. The lowest BCUT2D eigenvalue weighted by atomic mass is 10.3. The smallest absolute Gasteiger partial charge is 0.262 e. The zero-order valence-electron chi connectivity index (χ0n) is 19.9. The van der Waals surface area contributed by atoms with Gasteiger partial charge in [0, 0.05) is 17.8 Å². The predicted molar refractivity (Wildman–Crippen MR) is 134 cm³/mol. The van der Waals surface area contributed by atoms with Crippen molar-refractivity contribution in [1.29, 1.82) is 0 Å². The summed E-state index contributed by atoms with van der Waals surface area (Å²) < 4.78 is 90.1. The molecule has 0 aliphatic heterocycles. The van der Waals surface area contributed by atoms with Gasteiger partial charge in [-0.05, 0) is 48.5 Å². The largest absolute Gasteiger partial charge is 0.497 e. The first kappa shape index (κ1) is 27.7. The molecular weight excluding hydrogens is 532 g/mol. The summed E-state index contributed by atoms with van der Waals surface area (Å²) >= 11 is 0. The Hall–Kier alpha value is -3.91. The average molecular weight is 556 g/mol. The first-order chi connectivity index (χ1) is 17.3. The molecular formula is C23H23F2N3O7S2. The number of methoxy groups -OCH3 is 2. The van der Waals surface area contributed by atoms with E-state index in [1.807, 2.05) is 0 Å². The quantitative estimate of drug-likeness (QED) is 0.393. The van der Waals surface area contributed by atoms with Crippen LogP contribution in [-0.4, -0.2) is 49.8 Å². The maximum Gasteiger partial charge on any atom is 0.262 e. The van der Waals surface area contributed by atoms with Crippen LogP contribution in [0.25, 0.3) is 0 Å². The van der Waals surface area contributed by atoms with Crippen molar-refractivity contribution >= 4 is 43.0 Å². The maximum atomic E-state index is 13.6. The second-order valence-corrected chi connectivity index (χ2v) is 11.2. The fourth-order valence-electron chi connectivity index (χ4n) is 3.19. The highest BCUT2D eigenvalue weighted by Gasteiger charge is 2.23. The highest BCUT2D eigenvalue weighted by Crippen LogP contribution is 2.31. The zero-order valence-corrected chi connectivity index (χ0v) is 21.5. The molecule has 0 radical (unpaired) electrons. The van der Waals surface area contributed by atoms with Gasteiger partial charge in [-0.1, -0.05) is 0 Å². The molecule has 198 valence electrons. The summed E-state index contributed by atoms with van der Waals surface area (Å²) in [5.74, 6) is -2.57. The normalized spacial score (nSPS) is 11.5. The molecule has 37 heavy (non-hydrogen) atoms. The third kappa shape index (κ3) is 6.86. The van der Waals surface area contributed by atoms with Crippen molar-refractivity contribution in [2.75, 3.05) is 41.4 Å². The van der Waals surface area contributed by atoms with E-state index < -0.39 is 44.1 Å². The van der Waals surface area contributed by atoms with E-state index in [2.05, 4.69) is 10.0 Å². The third-order valence-electron chi connectivity index (χ3n) is 4.98. The van der Waals surface area contributed by atoms with Gasteiger partial charge < -0.3 is 14.8 Å². The summed E-state index contributed by atoms with van der Waals surface area (Å²) in [4.78, 5) is 12.4. The number of nitrogens with one attached hydrogen (secondary N) is 2. The topological polar surface area (TPSA) is 131 Å². The predicted octanol–water partition coefficient (Wildman–Crippen LogP) is 3.19. The van der Waals surface area contributed by atoms with Crippen LogP contribution in [0.5, 0.6) is 11.5 Å². The van der Waals surface area contributed by atoms with Gasteiger partial charge in [-0.3, -0.25) is 13.8 Å². The van der Waals surface area contributed by atoms with Crippen molar-refractivity contribution in [1.82, 2.24) is 0 Å². The van der Waals surface area contributed by atoms with Gasteiger partial charge in [0.25, 0.3) is 10.0 Å². The molecule has 3 aromatic rings. The second-order valence-electron chi connectivity index (χ2n) is 7.61. The Bertz CT molecular complexity index is 1510. The van der Waals surface area contributed by atoms with Crippen molar-refractivity contribution in [2.24, 2.45) is 0 Å². The summed E-state index contributed by atoms with van der Waals surface area (Å²) in [6.45, 7) is -0.735. The van der Waals surface area contributed by atoms with Crippen LogP contribution in [0.3, 0.4) is 0 Å². The molecule has 14 heteroatoms. The Morgan fingerprint density at radius 3 is 2.14 bits per heavy atom. The number of carbonyl (C=O) groups excluding carboxylic acids is 1. The van der Waals surface area contributed by atoms with Crippen LogP contribution in [0.15, 0.2) is 65.6 Å². The molecule has 0 spiro atoms. The SMILES string of the molecule is COc1ccc(OC)c(NS(=O)(=O)c2ccc(NC(=O)CN(c3ccc(F)c(F)c3)S(C)(=O)=O)cc2)c1. The van der Waals surface area contributed by atoms with E-state index in [4.69, 9.17) is 9.47 Å². The van der Waals surface area contributed by atoms with Gasteiger partial charge in [-0.2, -0.15) is 0 Å². The fourth-order valence-corrected chi connectivity index (χ4v) is 5.10. The lowest BCUT2D eigenvalue weighted by Gasteiger charge is -2.22. The van der Waals surface area contributed by atoms with E-state index in [0.717, 1.165) is 18.4 Å². The van der Waals surface area contributed by atoms with Crippen LogP contribution in [0.1, 0.15) is 0 Å². The third-order valence-corrected chi connectivity index (χ3v) is 7.50. The first-order valence-corrected chi connectivity index (χ1v) is 13.7. The lowest BCUT2D eigenvalue weighted by molar-refractivity contribution is -0.114. The van der Waals surface area contributed by atoms with Crippen LogP contribution >= 0.6 is 0 Å². The number of carbonyl (C=O) groups is 1. The van der Waals surface area contributed by atoms with Crippen LogP contribution in [-0.2, 0) is 24.8 Å². The molecule has 10 nitrogen and oxygen atoms in total. The number of nitrogens with zero attached hydrogens (tertiary/aromatic N) is 1. The Kier molecular flexibility index (Phi) is 8.23. The molecule has 0 saturated carbocycles. The van der Waals surface area contributed by atoms with Crippen molar-refractivity contribution in [2.45, 2.75) is 4.90 Å². The maximum absolute atomic E-state index is 13.6. The van der Waals surface area contributed by atoms with Crippen molar-refractivity contribution < 1.29 is 39.9 Å². The van der Waals surface area contributed by atoms with Crippen LogP contribution in [0.4, 0.5) is 25.8 Å². The standard InChI is InChI=1S/C23H23F2N3O7S2/c1-34-17-7-11-22(35-2)21(13-17)27-37(32,33)18-8-4-15(5-9-18)26-23(29)14-28(36(3,30)31)16-6-10-19(24)20(25)12-16/h4-13,27H,14H2,1-3H3,(H,26,29). The van der Waals surface area contributed by atoms with Gasteiger partial charge in [0.05, 0.1) is 36.7 Å². The average Bonchev–Trinajstić information content (AvgIpc) is 2.83.